The van der Waals surface area contributed by atoms with Crippen LogP contribution in [0.3, 0.4) is 0 Å². The molecule has 0 aromatic carbocycles. The van der Waals surface area contributed by atoms with Gasteiger partial charge in [-0.3, -0.25) is 9.69 Å². The van der Waals surface area contributed by atoms with Gasteiger partial charge >= 0.3 is 0 Å². The summed E-state index contributed by atoms with van der Waals surface area (Å²) in [5, 5.41) is 5.40. The van der Waals surface area contributed by atoms with Crippen LogP contribution >= 0.6 is 22.7 Å². The first kappa shape index (κ1) is 15.4. The number of ketones is 1. The summed E-state index contributed by atoms with van der Waals surface area (Å²) in [5.74, 6) is 0.638. The zero-order valence-electron chi connectivity index (χ0n) is 12.3. The van der Waals surface area contributed by atoms with E-state index in [0.29, 0.717) is 5.92 Å². The van der Waals surface area contributed by atoms with Crippen molar-refractivity contribution in [3.8, 4) is 0 Å². The van der Waals surface area contributed by atoms with Crippen molar-refractivity contribution in [3.63, 3.8) is 0 Å². The summed E-state index contributed by atoms with van der Waals surface area (Å²) in [4.78, 5) is 19.0. The molecule has 2 heterocycles. The van der Waals surface area contributed by atoms with Crippen molar-refractivity contribution < 1.29 is 4.79 Å². The highest BCUT2D eigenvalue weighted by Gasteiger charge is 2.10. The van der Waals surface area contributed by atoms with Gasteiger partial charge in [0.25, 0.3) is 0 Å². The van der Waals surface area contributed by atoms with Crippen molar-refractivity contribution in [1.82, 2.24) is 9.88 Å². The molecule has 0 aliphatic heterocycles. The lowest BCUT2D eigenvalue weighted by Crippen LogP contribution is -2.17. The minimum Gasteiger partial charge on any atom is -0.296 e. The molecule has 108 valence electrons. The summed E-state index contributed by atoms with van der Waals surface area (Å²) in [6.45, 7) is 7.64. The third-order valence-corrected chi connectivity index (χ3v) is 5.22. The first-order valence-corrected chi connectivity index (χ1v) is 8.43. The van der Waals surface area contributed by atoms with E-state index in [9.17, 15) is 4.79 Å². The molecular formula is C15H20N2OS2. The number of thiophene rings is 1. The van der Waals surface area contributed by atoms with Gasteiger partial charge in [0.2, 0.25) is 0 Å². The molecule has 5 heteroatoms. The molecule has 0 N–H and O–H groups in total. The molecule has 2 aromatic rings. The van der Waals surface area contributed by atoms with E-state index >= 15 is 0 Å². The molecular weight excluding hydrogens is 288 g/mol. The highest BCUT2D eigenvalue weighted by molar-refractivity contribution is 7.12. The smallest absolute Gasteiger partial charge is 0.169 e. The largest absolute Gasteiger partial charge is 0.296 e. The van der Waals surface area contributed by atoms with Crippen LogP contribution in [0.2, 0.25) is 0 Å². The van der Waals surface area contributed by atoms with E-state index in [1.165, 1.54) is 21.9 Å². The molecule has 0 saturated carbocycles. The average molecular weight is 308 g/mol. The summed E-state index contributed by atoms with van der Waals surface area (Å²) in [5.41, 5.74) is 2.32. The molecule has 0 aliphatic rings. The van der Waals surface area contributed by atoms with Crippen molar-refractivity contribution in [1.29, 1.82) is 0 Å². The normalized spacial score (nSPS) is 11.5. The Balaban J connectivity index is 1.93. The number of Topliss-reactive ketones (excluding diaryl/α,β-unsaturated/α-hetero) is 1. The maximum absolute atomic E-state index is 11.3. The van der Waals surface area contributed by atoms with Crippen LogP contribution in [-0.2, 0) is 13.1 Å². The first-order valence-electron chi connectivity index (χ1n) is 6.67. The molecule has 0 spiro atoms. The number of nitrogens with zero attached hydrogens (tertiary/aromatic N) is 2. The van der Waals surface area contributed by atoms with Gasteiger partial charge in [-0.1, -0.05) is 13.8 Å². The lowest BCUT2D eigenvalue weighted by molar-refractivity contribution is 0.102. The first-order chi connectivity index (χ1) is 9.45. The number of carbonyl (C=O) groups excluding carboxylic acids is 1. The fourth-order valence-corrected chi connectivity index (χ4v) is 3.58. The summed E-state index contributed by atoms with van der Waals surface area (Å²) in [6.07, 6.45) is 0. The van der Waals surface area contributed by atoms with Gasteiger partial charge < -0.3 is 0 Å². The zero-order valence-corrected chi connectivity index (χ0v) is 14.0. The molecule has 0 bridgehead atoms. The highest BCUT2D eigenvalue weighted by Crippen LogP contribution is 2.21. The SMILES string of the molecule is CC(=O)c1cc(CN(C)Cc2csc(C(C)C)n2)cs1. The Morgan fingerprint density at radius 3 is 2.60 bits per heavy atom. The van der Waals surface area contributed by atoms with Gasteiger partial charge in [-0.15, -0.1) is 22.7 Å². The molecule has 20 heavy (non-hydrogen) atoms. The average Bonchev–Trinajstić information content (AvgIpc) is 2.98. The van der Waals surface area contributed by atoms with Gasteiger partial charge in [-0.2, -0.15) is 0 Å². The molecule has 0 radical (unpaired) electrons. The Morgan fingerprint density at radius 1 is 1.30 bits per heavy atom. The van der Waals surface area contributed by atoms with E-state index in [-0.39, 0.29) is 5.78 Å². The molecule has 0 unspecified atom stereocenters. The van der Waals surface area contributed by atoms with E-state index in [0.717, 1.165) is 23.7 Å². The predicted molar refractivity (Wildman–Crippen MR) is 85.7 cm³/mol. The predicted octanol–water partition coefficient (Wildman–Crippen LogP) is 4.16. The van der Waals surface area contributed by atoms with Crippen LogP contribution in [0.1, 0.15) is 52.6 Å². The van der Waals surface area contributed by atoms with Crippen molar-refractivity contribution in [2.24, 2.45) is 0 Å². The molecule has 3 nitrogen and oxygen atoms in total. The zero-order chi connectivity index (χ0) is 14.7. The van der Waals surface area contributed by atoms with Crippen LogP contribution in [0, 0.1) is 0 Å². The Labute approximate surface area is 128 Å². The Kier molecular flexibility index (Phi) is 5.07. The van der Waals surface area contributed by atoms with E-state index in [1.54, 1.807) is 18.3 Å². The van der Waals surface area contributed by atoms with E-state index in [2.05, 4.69) is 41.5 Å². The Bertz CT molecular complexity index is 586. The van der Waals surface area contributed by atoms with Crippen LogP contribution in [0.5, 0.6) is 0 Å². The lowest BCUT2D eigenvalue weighted by Gasteiger charge is -2.14. The Hall–Kier alpha value is -1.04. The van der Waals surface area contributed by atoms with E-state index in [1.807, 2.05) is 6.07 Å². The molecule has 2 rings (SSSR count). The number of hydrogen-bond acceptors (Lipinski definition) is 5. The summed E-state index contributed by atoms with van der Waals surface area (Å²) < 4.78 is 0. The lowest BCUT2D eigenvalue weighted by atomic mass is 10.2. The van der Waals surface area contributed by atoms with Gasteiger partial charge in [0.15, 0.2) is 5.78 Å². The van der Waals surface area contributed by atoms with Crippen LogP contribution in [0.15, 0.2) is 16.8 Å². The van der Waals surface area contributed by atoms with Crippen molar-refractivity contribution in [2.75, 3.05) is 7.05 Å². The minimum absolute atomic E-state index is 0.143. The number of aromatic nitrogens is 1. The summed E-state index contributed by atoms with van der Waals surface area (Å²) in [6, 6.07) is 1.99. The highest BCUT2D eigenvalue weighted by atomic mass is 32.1. The number of rotatable bonds is 6. The Morgan fingerprint density at radius 2 is 2.05 bits per heavy atom. The van der Waals surface area contributed by atoms with Crippen molar-refractivity contribution in [3.05, 3.63) is 38.0 Å². The fraction of sp³-hybridized carbons (Fsp3) is 0.467. The number of carbonyl (C=O) groups is 1. The second-order valence-electron chi connectivity index (χ2n) is 5.38. The molecule has 0 aliphatic carbocycles. The third kappa shape index (κ3) is 3.98. The minimum atomic E-state index is 0.143. The van der Waals surface area contributed by atoms with E-state index < -0.39 is 0 Å². The topological polar surface area (TPSA) is 33.2 Å². The molecule has 2 aromatic heterocycles. The van der Waals surface area contributed by atoms with Crippen LogP contribution in [0.25, 0.3) is 0 Å². The summed E-state index contributed by atoms with van der Waals surface area (Å²) >= 11 is 3.26. The quantitative estimate of drug-likeness (QED) is 0.751. The molecule has 0 saturated heterocycles. The monoisotopic (exact) mass is 308 g/mol. The van der Waals surface area contributed by atoms with Gasteiger partial charge in [0, 0.05) is 24.4 Å². The van der Waals surface area contributed by atoms with Gasteiger partial charge in [0.1, 0.15) is 0 Å². The van der Waals surface area contributed by atoms with Gasteiger partial charge in [0.05, 0.1) is 15.6 Å². The third-order valence-electron chi connectivity index (χ3n) is 2.95. The second kappa shape index (κ2) is 6.61. The van der Waals surface area contributed by atoms with E-state index in [4.69, 9.17) is 0 Å². The van der Waals surface area contributed by atoms with Crippen LogP contribution < -0.4 is 0 Å². The molecule has 0 fully saturated rings. The molecule has 0 atom stereocenters. The maximum atomic E-state index is 11.3. The van der Waals surface area contributed by atoms with Crippen LogP contribution in [-0.4, -0.2) is 22.7 Å². The van der Waals surface area contributed by atoms with Gasteiger partial charge in [-0.05, 0) is 31.0 Å². The number of thiazole rings is 1. The summed E-state index contributed by atoms with van der Waals surface area (Å²) in [7, 11) is 2.08. The second-order valence-corrected chi connectivity index (χ2v) is 7.18. The van der Waals surface area contributed by atoms with Crippen molar-refractivity contribution in [2.45, 2.75) is 39.8 Å². The van der Waals surface area contributed by atoms with Gasteiger partial charge in [-0.25, -0.2) is 4.98 Å². The van der Waals surface area contributed by atoms with Crippen LogP contribution in [0.4, 0.5) is 0 Å². The standard InChI is InChI=1S/C15H20N2OS2/c1-10(2)15-16-13(9-20-15)7-17(4)6-12-5-14(11(3)18)19-8-12/h5,8-10H,6-7H2,1-4H3. The van der Waals surface area contributed by atoms with Crippen molar-refractivity contribution >= 4 is 28.5 Å². The fourth-order valence-electron chi connectivity index (χ4n) is 1.95. The number of hydrogen-bond donors (Lipinski definition) is 0. The maximum Gasteiger partial charge on any atom is 0.169 e. The molecule has 0 amide bonds.